The van der Waals surface area contributed by atoms with Crippen molar-refractivity contribution in [2.75, 3.05) is 0 Å². The molecule has 320 valence electrons. The summed E-state index contributed by atoms with van der Waals surface area (Å²) < 4.78 is 17.3. The standard InChI is InChI=1S/C52H33Cl2FN8OS2/c1-28-14-13-15-29(2)43(28)64-63-51-35-21-8-7-20-34(35)49(61-51)59-47-31-17-4-3-16-30(31)45(57-47)56-46-32-18-5-6-19-33(32)48(58-46)60-50-36-26-27-39(55)44(65-40-24-11-9-22-37(40)53)42(36)52(63,62-50)66-41-25-12-10-23-38(41)54/h3-27,57H,1-2H3,(H,56,58,60,62). The molecule has 1 aromatic heterocycles. The number of hydroxylamine groups is 2. The molecule has 8 aromatic rings. The molecule has 0 saturated carbocycles. The minimum absolute atomic E-state index is 0.285. The first-order valence-electron chi connectivity index (χ1n) is 21.0. The van der Waals surface area contributed by atoms with Gasteiger partial charge in [0.2, 0.25) is 4.99 Å². The lowest BCUT2D eigenvalue weighted by atomic mass is 10.1. The van der Waals surface area contributed by atoms with Crippen LogP contribution in [0.25, 0.3) is 10.8 Å². The first-order chi connectivity index (χ1) is 32.2. The SMILES string of the molecule is Cc1cccc(C)c1ON1C2=NC(=Nc3[nH]c(c4ccccc34)N=C3N=C(N=C4NC1(Sc1ccccc1Cl)c1c4ccc(F)c1Sc1ccccc1Cl)c1ccccc13)c1ccccc12. The van der Waals surface area contributed by atoms with Gasteiger partial charge in [0.25, 0.3) is 0 Å². The zero-order valence-corrected chi connectivity index (χ0v) is 38.1. The van der Waals surface area contributed by atoms with Crippen LogP contribution in [0, 0.1) is 19.7 Å². The van der Waals surface area contributed by atoms with Gasteiger partial charge >= 0.3 is 0 Å². The van der Waals surface area contributed by atoms with Crippen LogP contribution >= 0.6 is 46.7 Å². The lowest BCUT2D eigenvalue weighted by Crippen LogP contribution is -2.56. The molecule has 1 unspecified atom stereocenters. The Bertz CT molecular complexity index is 3530. The number of hydrogen-bond donors (Lipinski definition) is 2. The number of rotatable bonds is 6. The number of aryl methyl sites for hydroxylation is 2. The normalized spacial score (nSPS) is 16.7. The Hall–Kier alpha value is -6.96. The largest absolute Gasteiger partial charge is 0.374 e. The maximum absolute atomic E-state index is 17.3. The summed E-state index contributed by atoms with van der Waals surface area (Å²) in [5.74, 6) is 3.36. The maximum Gasteiger partial charge on any atom is 0.228 e. The van der Waals surface area contributed by atoms with E-state index in [4.69, 9.17) is 53.0 Å². The lowest BCUT2D eigenvalue weighted by Gasteiger charge is -2.42. The molecule has 0 spiro atoms. The number of aliphatic imine (C=N–C) groups is 5. The van der Waals surface area contributed by atoms with E-state index in [9.17, 15) is 0 Å². The van der Waals surface area contributed by atoms with Gasteiger partial charge in [-0.2, -0.15) is 0 Å². The molecule has 5 heterocycles. The smallest absolute Gasteiger partial charge is 0.228 e. The van der Waals surface area contributed by atoms with Crippen LogP contribution in [-0.4, -0.2) is 39.2 Å². The number of aromatic amines is 1. The van der Waals surface area contributed by atoms with Crippen molar-refractivity contribution in [1.29, 1.82) is 0 Å². The molecule has 66 heavy (non-hydrogen) atoms. The van der Waals surface area contributed by atoms with E-state index in [-0.39, 0.29) is 4.90 Å². The number of nitrogens with one attached hydrogen (secondary N) is 2. The molecule has 0 aliphatic carbocycles. The molecule has 1 atom stereocenters. The van der Waals surface area contributed by atoms with Crippen molar-refractivity contribution >= 4 is 98.3 Å². The predicted octanol–water partition coefficient (Wildman–Crippen LogP) is 13.3. The average molecular weight is 940 g/mol. The van der Waals surface area contributed by atoms with Crippen LogP contribution in [0.15, 0.2) is 191 Å². The van der Waals surface area contributed by atoms with E-state index in [1.165, 1.54) is 29.6 Å². The third-order valence-corrected chi connectivity index (χ3v) is 15.2. The molecule has 0 radical (unpaired) electrons. The van der Waals surface area contributed by atoms with Crippen LogP contribution in [0.5, 0.6) is 5.75 Å². The summed E-state index contributed by atoms with van der Waals surface area (Å²) in [5, 5.41) is 8.26. The Kier molecular flexibility index (Phi) is 9.76. The molecule has 7 aromatic carbocycles. The fraction of sp³-hybridized carbons (Fsp3) is 0.0577. The Morgan fingerprint density at radius 2 is 1.11 bits per heavy atom. The number of para-hydroxylation sites is 1. The number of fused-ring (bicyclic) bond motifs is 18. The number of hydrogen-bond acceptors (Lipinski definition) is 10. The molecule has 0 fully saturated rings. The Labute approximate surface area is 396 Å². The summed E-state index contributed by atoms with van der Waals surface area (Å²) in [4.78, 5) is 37.3. The van der Waals surface area contributed by atoms with Crippen molar-refractivity contribution < 1.29 is 9.23 Å². The summed E-state index contributed by atoms with van der Waals surface area (Å²) in [7, 11) is 0. The number of H-pyrrole nitrogens is 1. The van der Waals surface area contributed by atoms with Gasteiger partial charge in [-0.25, -0.2) is 29.4 Å². The van der Waals surface area contributed by atoms with Crippen molar-refractivity contribution in [3.8, 4) is 5.75 Å². The van der Waals surface area contributed by atoms with Crippen LogP contribution in [0.2, 0.25) is 10.0 Å². The van der Waals surface area contributed by atoms with E-state index in [1.807, 2.05) is 147 Å². The van der Waals surface area contributed by atoms with Gasteiger partial charge in [0.1, 0.15) is 23.3 Å². The second kappa shape index (κ2) is 15.9. The van der Waals surface area contributed by atoms with Crippen molar-refractivity contribution in [3.05, 3.63) is 212 Å². The average Bonchev–Trinajstić information content (AvgIpc) is 4.06. The third kappa shape index (κ3) is 6.58. The minimum Gasteiger partial charge on any atom is -0.374 e. The van der Waals surface area contributed by atoms with Crippen molar-refractivity contribution in [2.45, 2.75) is 33.5 Å². The van der Waals surface area contributed by atoms with E-state index in [0.29, 0.717) is 77.5 Å². The van der Waals surface area contributed by atoms with Crippen molar-refractivity contribution in [2.24, 2.45) is 25.0 Å². The Morgan fingerprint density at radius 1 is 0.561 bits per heavy atom. The van der Waals surface area contributed by atoms with E-state index >= 15 is 4.39 Å². The third-order valence-electron chi connectivity index (χ3n) is 11.8. The Morgan fingerprint density at radius 3 is 1.76 bits per heavy atom. The van der Waals surface area contributed by atoms with Gasteiger partial charge in [-0.3, -0.25) is 0 Å². The molecular formula is C52H33Cl2FN8OS2. The van der Waals surface area contributed by atoms with Crippen LogP contribution in [-0.2, 0) is 4.99 Å². The molecule has 4 aliphatic rings. The van der Waals surface area contributed by atoms with Crippen LogP contribution < -0.4 is 10.2 Å². The maximum atomic E-state index is 17.3. The summed E-state index contributed by atoms with van der Waals surface area (Å²) >= 11 is 16.6. The second-order valence-corrected chi connectivity index (χ2v) is 19.0. The highest BCUT2D eigenvalue weighted by molar-refractivity contribution is 8.01. The molecular weight excluding hydrogens is 907 g/mol. The molecule has 4 aliphatic heterocycles. The van der Waals surface area contributed by atoms with Crippen molar-refractivity contribution in [1.82, 2.24) is 15.4 Å². The fourth-order valence-electron chi connectivity index (χ4n) is 8.69. The number of amidine groups is 5. The van der Waals surface area contributed by atoms with Gasteiger partial charge in [0.05, 0.1) is 14.9 Å². The van der Waals surface area contributed by atoms with Crippen molar-refractivity contribution in [3.63, 3.8) is 0 Å². The minimum atomic E-state index is -1.63. The Balaban J connectivity index is 1.24. The van der Waals surface area contributed by atoms with E-state index in [0.717, 1.165) is 44.2 Å². The summed E-state index contributed by atoms with van der Waals surface area (Å²) in [6, 6.07) is 47.9. The van der Waals surface area contributed by atoms with E-state index < -0.39 is 10.8 Å². The predicted molar refractivity (Wildman–Crippen MR) is 266 cm³/mol. The highest BCUT2D eigenvalue weighted by Gasteiger charge is 2.55. The van der Waals surface area contributed by atoms with Gasteiger partial charge in [-0.05, 0) is 61.4 Å². The van der Waals surface area contributed by atoms with Gasteiger partial charge < -0.3 is 15.1 Å². The molecule has 0 amide bonds. The van der Waals surface area contributed by atoms with E-state index in [1.54, 1.807) is 17.2 Å². The van der Waals surface area contributed by atoms with Gasteiger partial charge in [-0.1, -0.05) is 162 Å². The van der Waals surface area contributed by atoms with Gasteiger partial charge in [-0.15, -0.1) is 5.06 Å². The lowest BCUT2D eigenvalue weighted by molar-refractivity contribution is -0.0453. The highest BCUT2D eigenvalue weighted by Crippen LogP contribution is 2.55. The molecule has 9 nitrogen and oxygen atoms in total. The number of nitrogens with zero attached hydrogens (tertiary/aromatic N) is 6. The van der Waals surface area contributed by atoms with Crippen LogP contribution in [0.3, 0.4) is 0 Å². The molecule has 12 rings (SSSR count). The second-order valence-electron chi connectivity index (χ2n) is 15.9. The quantitative estimate of drug-likeness (QED) is 0.173. The summed E-state index contributed by atoms with van der Waals surface area (Å²) in [5.41, 5.74) is 5.89. The van der Waals surface area contributed by atoms with Gasteiger partial charge in [0.15, 0.2) is 29.1 Å². The topological polar surface area (TPSA) is 102 Å². The molecule has 0 saturated heterocycles. The number of benzene rings is 7. The monoisotopic (exact) mass is 938 g/mol. The fourth-order valence-corrected chi connectivity index (χ4v) is 11.6. The van der Waals surface area contributed by atoms with Crippen LogP contribution in [0.1, 0.15) is 44.5 Å². The van der Waals surface area contributed by atoms with Crippen LogP contribution in [0.4, 0.5) is 16.0 Å². The number of halogens is 3. The first kappa shape index (κ1) is 40.5. The molecule has 2 N–H and O–H groups in total. The van der Waals surface area contributed by atoms with Gasteiger partial charge in [0, 0.05) is 53.9 Å². The first-order valence-corrected chi connectivity index (χ1v) is 23.4. The zero-order chi connectivity index (χ0) is 44.7. The zero-order valence-electron chi connectivity index (χ0n) is 35.0. The number of thioether (sulfide) groups is 1. The molecule has 8 bridgehead atoms. The number of aromatic nitrogens is 1. The van der Waals surface area contributed by atoms with E-state index in [2.05, 4.69) is 10.3 Å². The summed E-state index contributed by atoms with van der Waals surface area (Å²) in [6.45, 7) is 3.99. The molecule has 14 heteroatoms. The summed E-state index contributed by atoms with van der Waals surface area (Å²) in [6.07, 6.45) is 0. The highest BCUT2D eigenvalue weighted by atomic mass is 35.5.